The van der Waals surface area contributed by atoms with Gasteiger partial charge in [-0.25, -0.2) is 0 Å². The quantitative estimate of drug-likeness (QED) is 0.216. The van der Waals surface area contributed by atoms with E-state index < -0.39 is 5.41 Å². The monoisotopic (exact) mass is 525 g/mol. The number of para-hydroxylation sites is 2. The van der Waals surface area contributed by atoms with Gasteiger partial charge in [0, 0.05) is 32.5 Å². The Labute approximate surface area is 235 Å². The summed E-state index contributed by atoms with van der Waals surface area (Å²) < 4.78 is 8.87. The zero-order chi connectivity index (χ0) is 26.9. The van der Waals surface area contributed by atoms with Crippen LogP contribution in [-0.4, -0.2) is 4.40 Å². The van der Waals surface area contributed by atoms with Crippen molar-refractivity contribution >= 4 is 39.3 Å². The Bertz CT molecular complexity index is 2440. The van der Waals surface area contributed by atoms with Crippen LogP contribution in [0.4, 0.5) is 0 Å². The maximum atomic E-state index is 14.4. The minimum Gasteiger partial charge on any atom is -0.454 e. The minimum absolute atomic E-state index is 0.0341. The van der Waals surface area contributed by atoms with Crippen molar-refractivity contribution < 1.29 is 4.74 Å². The highest BCUT2D eigenvalue weighted by Crippen LogP contribution is 2.63. The second-order valence-corrected chi connectivity index (χ2v) is 11.4. The van der Waals surface area contributed by atoms with Crippen LogP contribution < -0.4 is 20.7 Å². The number of ether oxygens (including phenoxy) is 1. The molecule has 0 bridgehead atoms. The Morgan fingerprint density at radius 1 is 0.561 bits per heavy atom. The molecule has 41 heavy (non-hydrogen) atoms. The molecule has 0 radical (unpaired) electrons. The van der Waals surface area contributed by atoms with Crippen molar-refractivity contribution in [1.29, 1.82) is 0 Å². The number of hydrogen-bond donors (Lipinski definition) is 0. The summed E-state index contributed by atoms with van der Waals surface area (Å²) in [6.07, 6.45) is 6.18. The third-order valence-electron chi connectivity index (χ3n) is 9.64. The van der Waals surface area contributed by atoms with Crippen LogP contribution in [-0.2, 0) is 5.41 Å². The summed E-state index contributed by atoms with van der Waals surface area (Å²) in [4.78, 5) is 14.4. The van der Waals surface area contributed by atoms with Crippen LogP contribution in [0.25, 0.3) is 50.5 Å². The highest BCUT2D eigenvalue weighted by Gasteiger charge is 2.51. The van der Waals surface area contributed by atoms with Gasteiger partial charge in [-0.05, 0) is 46.4 Å². The van der Waals surface area contributed by atoms with Crippen molar-refractivity contribution in [2.24, 2.45) is 0 Å². The molecule has 192 valence electrons. The smallest absolute Gasteiger partial charge is 0.263 e. The van der Waals surface area contributed by atoms with E-state index >= 15 is 0 Å². The first-order valence-corrected chi connectivity index (χ1v) is 14.3. The van der Waals surface area contributed by atoms with Gasteiger partial charge in [0.1, 0.15) is 11.3 Å². The molecule has 3 heterocycles. The third-order valence-corrected chi connectivity index (χ3v) is 9.64. The second-order valence-electron chi connectivity index (χ2n) is 11.4. The molecule has 0 saturated carbocycles. The van der Waals surface area contributed by atoms with Crippen LogP contribution in [0.1, 0.15) is 35.1 Å². The predicted octanol–water partition coefficient (Wildman–Crippen LogP) is 6.87. The molecule has 0 atom stereocenters. The lowest BCUT2D eigenvalue weighted by Gasteiger charge is -2.39. The van der Waals surface area contributed by atoms with E-state index in [-0.39, 0.29) is 5.56 Å². The summed E-state index contributed by atoms with van der Waals surface area (Å²) in [5.41, 5.74) is 8.51. The van der Waals surface area contributed by atoms with Crippen LogP contribution in [0.15, 0.2) is 108 Å². The van der Waals surface area contributed by atoms with Crippen LogP contribution >= 0.6 is 0 Å². The van der Waals surface area contributed by atoms with E-state index in [1.54, 1.807) is 0 Å². The Balaban J connectivity index is 1.47. The summed E-state index contributed by atoms with van der Waals surface area (Å²) in [5.74, 6) is 1.60. The second kappa shape index (κ2) is 7.32. The summed E-state index contributed by atoms with van der Waals surface area (Å²) >= 11 is 0. The molecule has 0 N–H and O–H groups in total. The summed E-state index contributed by atoms with van der Waals surface area (Å²) in [6.45, 7) is 0. The van der Waals surface area contributed by atoms with Gasteiger partial charge in [-0.1, -0.05) is 109 Å². The van der Waals surface area contributed by atoms with Crippen molar-refractivity contribution in [2.75, 3.05) is 0 Å². The van der Waals surface area contributed by atoms with E-state index in [4.69, 9.17) is 4.74 Å². The van der Waals surface area contributed by atoms with E-state index in [2.05, 4.69) is 109 Å². The van der Waals surface area contributed by atoms with E-state index in [0.717, 1.165) is 73.1 Å². The van der Waals surface area contributed by atoms with Gasteiger partial charge in [-0.2, -0.15) is 0 Å². The number of pyridine rings is 1. The lowest BCUT2D eigenvalue weighted by Crippen LogP contribution is -2.44. The van der Waals surface area contributed by atoms with Crippen molar-refractivity contribution in [3.05, 3.63) is 146 Å². The van der Waals surface area contributed by atoms with Gasteiger partial charge in [0.25, 0.3) is 5.56 Å². The largest absolute Gasteiger partial charge is 0.454 e. The molecule has 3 heteroatoms. The molecule has 0 saturated heterocycles. The molecule has 0 fully saturated rings. The Hall–Kier alpha value is -5.15. The molecule has 0 amide bonds. The van der Waals surface area contributed by atoms with E-state index in [1.807, 2.05) is 10.5 Å². The molecule has 2 aliphatic carbocycles. The SMILES string of the molecule is O=c1c2c(c3cccc4c5ccc6c(c5n1c34)Oc1ccccc1C61c3ccccc3-c3ccccc31)=CCCC=2. The summed E-state index contributed by atoms with van der Waals surface area (Å²) in [7, 11) is 0. The standard InChI is InChI=1S/C38H23NO2/c40-37-28-13-2-1-10-22(28)25-14-9-15-26-27-20-21-32-36(35(27)39(37)34(25)26)41-33-19-8-7-18-31(33)38(32)29-16-5-3-11-23(29)24-12-4-6-17-30(24)38/h3-21H,1-2H2. The number of fused-ring (bicyclic) bond motifs is 15. The van der Waals surface area contributed by atoms with Gasteiger partial charge in [-0.3, -0.25) is 9.20 Å². The normalized spacial score (nSPS) is 15.5. The first-order valence-electron chi connectivity index (χ1n) is 14.3. The maximum absolute atomic E-state index is 14.4. The molecule has 5 aromatic carbocycles. The Kier molecular flexibility index (Phi) is 3.87. The van der Waals surface area contributed by atoms with E-state index in [1.165, 1.54) is 22.3 Å². The van der Waals surface area contributed by atoms with Gasteiger partial charge < -0.3 is 4.74 Å². The van der Waals surface area contributed by atoms with Crippen LogP contribution in [0.3, 0.4) is 0 Å². The van der Waals surface area contributed by atoms with Gasteiger partial charge >= 0.3 is 0 Å². The number of rotatable bonds is 0. The number of hydrogen-bond acceptors (Lipinski definition) is 2. The first-order chi connectivity index (χ1) is 20.3. The Morgan fingerprint density at radius 3 is 1.98 bits per heavy atom. The molecule has 10 rings (SSSR count). The minimum atomic E-state index is -0.558. The first kappa shape index (κ1) is 21.6. The predicted molar refractivity (Wildman–Crippen MR) is 165 cm³/mol. The van der Waals surface area contributed by atoms with Gasteiger partial charge in [0.2, 0.25) is 0 Å². The molecule has 1 aliphatic heterocycles. The van der Waals surface area contributed by atoms with Crippen molar-refractivity contribution in [3.63, 3.8) is 0 Å². The van der Waals surface area contributed by atoms with Gasteiger partial charge in [0.05, 0.1) is 10.9 Å². The zero-order valence-corrected chi connectivity index (χ0v) is 22.1. The fourth-order valence-electron chi connectivity index (χ4n) is 8.13. The molecule has 2 aromatic heterocycles. The van der Waals surface area contributed by atoms with Crippen LogP contribution in [0, 0.1) is 0 Å². The summed E-state index contributed by atoms with van der Waals surface area (Å²) in [5, 5.41) is 5.12. The van der Waals surface area contributed by atoms with Crippen LogP contribution in [0.5, 0.6) is 11.5 Å². The average molecular weight is 526 g/mol. The fraction of sp³-hybridized carbons (Fsp3) is 0.0789. The molecule has 0 unspecified atom stereocenters. The lowest BCUT2D eigenvalue weighted by molar-refractivity contribution is 0.440. The topological polar surface area (TPSA) is 30.7 Å². The zero-order valence-electron chi connectivity index (χ0n) is 22.1. The number of nitrogens with zero attached hydrogens (tertiary/aromatic N) is 1. The number of aromatic nitrogens is 1. The van der Waals surface area contributed by atoms with Crippen molar-refractivity contribution in [2.45, 2.75) is 18.3 Å². The van der Waals surface area contributed by atoms with E-state index in [0.29, 0.717) is 0 Å². The lowest BCUT2D eigenvalue weighted by atomic mass is 9.66. The third kappa shape index (κ3) is 2.37. The highest BCUT2D eigenvalue weighted by atomic mass is 16.5. The molecule has 1 spiro atoms. The van der Waals surface area contributed by atoms with Crippen molar-refractivity contribution in [1.82, 2.24) is 4.40 Å². The van der Waals surface area contributed by atoms with Crippen LogP contribution in [0.2, 0.25) is 0 Å². The van der Waals surface area contributed by atoms with Crippen molar-refractivity contribution in [3.8, 4) is 22.6 Å². The van der Waals surface area contributed by atoms with Gasteiger partial charge in [0.15, 0.2) is 5.75 Å². The summed E-state index contributed by atoms with van der Waals surface area (Å²) in [6, 6.07) is 36.8. The highest BCUT2D eigenvalue weighted by molar-refractivity contribution is 6.16. The molecule has 3 aliphatic rings. The van der Waals surface area contributed by atoms with E-state index in [9.17, 15) is 4.79 Å². The molecule has 7 aromatic rings. The fourth-order valence-corrected chi connectivity index (χ4v) is 8.13. The number of benzene rings is 5. The maximum Gasteiger partial charge on any atom is 0.263 e. The Morgan fingerprint density at radius 2 is 1.20 bits per heavy atom. The van der Waals surface area contributed by atoms with Gasteiger partial charge in [-0.15, -0.1) is 0 Å². The average Bonchev–Trinajstić information content (AvgIpc) is 3.53. The molecular formula is C38H23NO2. The molecule has 3 nitrogen and oxygen atoms in total. The molecular weight excluding hydrogens is 502 g/mol.